The van der Waals surface area contributed by atoms with Gasteiger partial charge >= 0.3 is 6.18 Å². The molecule has 0 spiro atoms. The highest BCUT2D eigenvalue weighted by molar-refractivity contribution is 7.18. The molecule has 1 saturated carbocycles. The molecule has 1 aliphatic heterocycles. The quantitative estimate of drug-likeness (QED) is 0.460. The summed E-state index contributed by atoms with van der Waals surface area (Å²) in [6.07, 6.45) is -3.58. The number of alkyl halides is 3. The summed E-state index contributed by atoms with van der Waals surface area (Å²) in [6, 6.07) is 4.77. The van der Waals surface area contributed by atoms with Gasteiger partial charge in [0.1, 0.15) is 12.6 Å². The Bertz CT molecular complexity index is 1220. The first-order chi connectivity index (χ1) is 17.5. The van der Waals surface area contributed by atoms with Gasteiger partial charge in [-0.25, -0.2) is 0 Å². The highest BCUT2D eigenvalue weighted by Gasteiger charge is 2.37. The zero-order chi connectivity index (χ0) is 26.7. The fraction of sp³-hybridized carbons (Fsp3) is 0.391. The molecule has 2 aliphatic rings. The second-order valence-electron chi connectivity index (χ2n) is 8.46. The molecule has 3 N–H and O–H groups in total. The van der Waals surface area contributed by atoms with Crippen molar-refractivity contribution >= 4 is 57.9 Å². The van der Waals surface area contributed by atoms with E-state index in [9.17, 15) is 32.3 Å². The summed E-state index contributed by atoms with van der Waals surface area (Å²) in [6.45, 7) is -0.338. The Morgan fingerprint density at radius 2 is 1.95 bits per heavy atom. The lowest BCUT2D eigenvalue weighted by atomic mass is 10.1. The molecular weight excluding hydrogens is 537 g/mol. The summed E-state index contributed by atoms with van der Waals surface area (Å²) in [5.74, 6) is -2.68. The Labute approximate surface area is 218 Å². The summed E-state index contributed by atoms with van der Waals surface area (Å²) in [4.78, 5) is 51.2. The molecule has 14 heteroatoms. The van der Waals surface area contributed by atoms with Gasteiger partial charge in [0.05, 0.1) is 27.1 Å². The van der Waals surface area contributed by atoms with Crippen LogP contribution in [0.5, 0.6) is 0 Å². The molecule has 1 atom stereocenters. The minimum absolute atomic E-state index is 0.0130. The molecule has 0 radical (unpaired) electrons. The van der Waals surface area contributed by atoms with Crippen LogP contribution in [-0.2, 0) is 25.3 Å². The van der Waals surface area contributed by atoms with E-state index >= 15 is 0 Å². The average Bonchev–Trinajstić information content (AvgIpc) is 3.61. The molecule has 198 valence electrons. The Morgan fingerprint density at radius 3 is 2.57 bits per heavy atom. The number of ether oxygens (including phenoxy) is 1. The molecule has 9 nitrogen and oxygen atoms in total. The van der Waals surface area contributed by atoms with E-state index in [1.165, 1.54) is 23.1 Å². The number of carbonyl (C=O) groups is 4. The highest BCUT2D eigenvalue weighted by atomic mass is 35.5. The number of benzene rings is 1. The molecule has 0 bridgehead atoms. The molecule has 2 heterocycles. The summed E-state index contributed by atoms with van der Waals surface area (Å²) >= 11 is 6.85. The molecule has 0 unspecified atom stereocenters. The van der Waals surface area contributed by atoms with Gasteiger partial charge in [-0.2, -0.15) is 13.2 Å². The Morgan fingerprint density at radius 1 is 1.19 bits per heavy atom. The third kappa shape index (κ3) is 6.79. The van der Waals surface area contributed by atoms with Crippen molar-refractivity contribution < 1.29 is 37.1 Å². The van der Waals surface area contributed by atoms with Gasteiger partial charge in [-0.1, -0.05) is 11.6 Å². The number of amides is 4. The molecule has 1 saturated heterocycles. The van der Waals surface area contributed by atoms with Gasteiger partial charge in [0.15, 0.2) is 0 Å². The monoisotopic (exact) mass is 558 g/mol. The third-order valence-corrected chi connectivity index (χ3v) is 6.94. The van der Waals surface area contributed by atoms with E-state index in [0.29, 0.717) is 17.2 Å². The lowest BCUT2D eigenvalue weighted by molar-refractivity contribution is -0.137. The highest BCUT2D eigenvalue weighted by Crippen LogP contribution is 2.38. The first kappa shape index (κ1) is 26.9. The van der Waals surface area contributed by atoms with Crippen LogP contribution in [-0.4, -0.2) is 56.0 Å². The van der Waals surface area contributed by atoms with Gasteiger partial charge < -0.3 is 25.6 Å². The van der Waals surface area contributed by atoms with Gasteiger partial charge in [0.25, 0.3) is 11.8 Å². The zero-order valence-corrected chi connectivity index (χ0v) is 20.8. The van der Waals surface area contributed by atoms with Crippen molar-refractivity contribution in [1.29, 1.82) is 0 Å². The van der Waals surface area contributed by atoms with Crippen LogP contribution in [0, 0.1) is 5.92 Å². The third-order valence-electron chi connectivity index (χ3n) is 5.71. The second-order valence-corrected chi connectivity index (χ2v) is 10.2. The summed E-state index contributed by atoms with van der Waals surface area (Å²) in [5, 5.41) is 7.23. The van der Waals surface area contributed by atoms with E-state index in [2.05, 4.69) is 16.0 Å². The van der Waals surface area contributed by atoms with E-state index in [1.807, 2.05) is 0 Å². The number of halogens is 4. The maximum absolute atomic E-state index is 13.9. The standard InChI is InChI=1S/C23H22ClF3N4O5S/c24-18-6-5-17(37-18)22(35)28-10-16(30-20(33)12-1-2-12)21(34)29-15-4-3-13(9-14(15)23(25,26)27)31-7-8-36-11-19(31)32/h3-6,9,12,16H,1-2,7-8,10-11H2,(H,28,35)(H,29,34)(H,30,33)/t16-/m0/s1. The molecule has 37 heavy (non-hydrogen) atoms. The first-order valence-corrected chi connectivity index (χ1v) is 12.5. The van der Waals surface area contributed by atoms with Crippen LogP contribution in [0.2, 0.25) is 4.34 Å². The van der Waals surface area contributed by atoms with E-state index in [4.69, 9.17) is 16.3 Å². The summed E-state index contributed by atoms with van der Waals surface area (Å²) < 4.78 is 47.1. The maximum Gasteiger partial charge on any atom is 0.418 e. The van der Waals surface area contributed by atoms with Crippen LogP contribution < -0.4 is 20.9 Å². The average molecular weight is 559 g/mol. The lowest BCUT2D eigenvalue weighted by Crippen LogP contribution is -2.51. The fourth-order valence-corrected chi connectivity index (χ4v) is 4.58. The van der Waals surface area contributed by atoms with Crippen molar-refractivity contribution in [2.45, 2.75) is 25.1 Å². The van der Waals surface area contributed by atoms with Gasteiger partial charge in [0.2, 0.25) is 11.8 Å². The zero-order valence-electron chi connectivity index (χ0n) is 19.2. The molecular formula is C23H22ClF3N4O5S. The smallest absolute Gasteiger partial charge is 0.370 e. The topological polar surface area (TPSA) is 117 Å². The number of anilines is 2. The van der Waals surface area contributed by atoms with Crippen molar-refractivity contribution in [3.63, 3.8) is 0 Å². The number of hydrogen-bond acceptors (Lipinski definition) is 6. The van der Waals surface area contributed by atoms with Crippen molar-refractivity contribution in [2.24, 2.45) is 5.92 Å². The number of thiophene rings is 1. The van der Waals surface area contributed by atoms with Gasteiger partial charge in [-0.15, -0.1) is 11.3 Å². The molecule has 1 aromatic heterocycles. The number of carbonyl (C=O) groups excluding carboxylic acids is 4. The molecule has 2 fully saturated rings. The van der Waals surface area contributed by atoms with Crippen LogP contribution in [0.4, 0.5) is 24.5 Å². The van der Waals surface area contributed by atoms with Crippen molar-refractivity contribution in [1.82, 2.24) is 10.6 Å². The molecule has 4 amide bonds. The van der Waals surface area contributed by atoms with Crippen LogP contribution in [0.15, 0.2) is 30.3 Å². The van der Waals surface area contributed by atoms with E-state index in [-0.39, 0.29) is 42.8 Å². The van der Waals surface area contributed by atoms with Crippen LogP contribution >= 0.6 is 22.9 Å². The largest absolute Gasteiger partial charge is 0.418 e. The predicted octanol–water partition coefficient (Wildman–Crippen LogP) is 3.05. The minimum atomic E-state index is -4.85. The minimum Gasteiger partial charge on any atom is -0.370 e. The maximum atomic E-state index is 13.9. The van der Waals surface area contributed by atoms with Gasteiger partial charge in [-0.3, -0.25) is 19.2 Å². The molecule has 2 aromatic rings. The summed E-state index contributed by atoms with van der Waals surface area (Å²) in [7, 11) is 0. The predicted molar refractivity (Wildman–Crippen MR) is 130 cm³/mol. The fourth-order valence-electron chi connectivity index (χ4n) is 3.62. The second kappa shape index (κ2) is 11.1. The van der Waals surface area contributed by atoms with Crippen molar-refractivity contribution in [2.75, 3.05) is 36.5 Å². The molecule has 1 aromatic carbocycles. The normalized spacial score (nSPS) is 16.8. The number of nitrogens with one attached hydrogen (secondary N) is 3. The Balaban J connectivity index is 1.52. The Hall–Kier alpha value is -3.16. The first-order valence-electron chi connectivity index (χ1n) is 11.3. The van der Waals surface area contributed by atoms with E-state index < -0.39 is 47.1 Å². The van der Waals surface area contributed by atoms with Gasteiger partial charge in [-0.05, 0) is 43.2 Å². The lowest BCUT2D eigenvalue weighted by Gasteiger charge is -2.28. The van der Waals surface area contributed by atoms with Crippen LogP contribution in [0.1, 0.15) is 28.1 Å². The van der Waals surface area contributed by atoms with Crippen molar-refractivity contribution in [3.05, 3.63) is 45.1 Å². The van der Waals surface area contributed by atoms with Gasteiger partial charge in [0, 0.05) is 24.7 Å². The van der Waals surface area contributed by atoms with Crippen LogP contribution in [0.3, 0.4) is 0 Å². The van der Waals surface area contributed by atoms with E-state index in [1.54, 1.807) is 0 Å². The Kier molecular flexibility index (Phi) is 8.05. The SMILES string of the molecule is O=C(NC[C@H](NC(=O)C1CC1)C(=O)Nc1ccc(N2CCOCC2=O)cc1C(F)(F)F)c1ccc(Cl)s1. The summed E-state index contributed by atoms with van der Waals surface area (Å²) in [5.41, 5.74) is -1.70. The number of nitrogens with zero attached hydrogens (tertiary/aromatic N) is 1. The number of rotatable bonds is 8. The number of morpholine rings is 1. The van der Waals surface area contributed by atoms with Crippen LogP contribution in [0.25, 0.3) is 0 Å². The van der Waals surface area contributed by atoms with Crippen molar-refractivity contribution in [3.8, 4) is 0 Å². The number of hydrogen-bond donors (Lipinski definition) is 3. The molecule has 4 rings (SSSR count). The van der Waals surface area contributed by atoms with E-state index in [0.717, 1.165) is 23.5 Å². The molecule has 1 aliphatic carbocycles.